The van der Waals surface area contributed by atoms with Crippen molar-refractivity contribution in [3.8, 4) is 0 Å². The van der Waals surface area contributed by atoms with Crippen LogP contribution in [0.25, 0.3) is 0 Å². The third-order valence-corrected chi connectivity index (χ3v) is 3.13. The summed E-state index contributed by atoms with van der Waals surface area (Å²) < 4.78 is 0. The van der Waals surface area contributed by atoms with Crippen LogP contribution in [0.2, 0.25) is 0 Å². The Morgan fingerprint density at radius 1 is 1.00 bits per heavy atom. The van der Waals surface area contributed by atoms with E-state index in [4.69, 9.17) is 0 Å². The lowest BCUT2D eigenvalue weighted by Gasteiger charge is -2.17. The molecular formula is C17H26N2O2. The topological polar surface area (TPSA) is 58.2 Å². The lowest BCUT2D eigenvalue weighted by molar-refractivity contribution is -0.128. The molecule has 1 rings (SSSR count). The third kappa shape index (κ3) is 7.49. The fourth-order valence-electron chi connectivity index (χ4n) is 1.81. The number of carbonyl (C=O) groups is 2. The van der Waals surface area contributed by atoms with Gasteiger partial charge < -0.3 is 10.6 Å². The number of nitrogens with one attached hydrogen (secondary N) is 2. The highest BCUT2D eigenvalue weighted by Crippen LogP contribution is 2.12. The van der Waals surface area contributed by atoms with Gasteiger partial charge in [-0.05, 0) is 18.4 Å². The molecule has 0 heterocycles. The van der Waals surface area contributed by atoms with Gasteiger partial charge in [0.25, 0.3) is 0 Å². The maximum absolute atomic E-state index is 11.6. The first-order chi connectivity index (χ1) is 9.89. The van der Waals surface area contributed by atoms with E-state index in [-0.39, 0.29) is 11.8 Å². The Kier molecular flexibility index (Phi) is 6.92. The minimum Gasteiger partial charge on any atom is -0.356 e. The molecule has 4 nitrogen and oxygen atoms in total. The van der Waals surface area contributed by atoms with Crippen molar-refractivity contribution < 1.29 is 9.59 Å². The average Bonchev–Trinajstić information content (AvgIpc) is 2.43. The fraction of sp³-hybridized carbons (Fsp3) is 0.529. The van der Waals surface area contributed by atoms with Crippen LogP contribution in [0.15, 0.2) is 30.3 Å². The first kappa shape index (κ1) is 17.2. The molecule has 0 atom stereocenters. The zero-order valence-electron chi connectivity index (χ0n) is 13.2. The van der Waals surface area contributed by atoms with Crippen molar-refractivity contribution in [1.82, 2.24) is 10.6 Å². The molecule has 1 aromatic carbocycles. The molecular weight excluding hydrogens is 264 g/mol. The average molecular weight is 290 g/mol. The van der Waals surface area contributed by atoms with Crippen LogP contribution < -0.4 is 10.6 Å². The first-order valence-electron chi connectivity index (χ1n) is 7.48. The summed E-state index contributed by atoms with van der Waals surface area (Å²) >= 11 is 0. The van der Waals surface area contributed by atoms with E-state index in [2.05, 4.69) is 22.8 Å². The van der Waals surface area contributed by atoms with Crippen LogP contribution >= 0.6 is 0 Å². The molecule has 0 aliphatic heterocycles. The summed E-state index contributed by atoms with van der Waals surface area (Å²) in [5.74, 6) is -0.0448. The summed E-state index contributed by atoms with van der Waals surface area (Å²) in [6, 6.07) is 10.2. The minimum absolute atomic E-state index is 0.0164. The van der Waals surface area contributed by atoms with Crippen molar-refractivity contribution in [3.63, 3.8) is 0 Å². The third-order valence-electron chi connectivity index (χ3n) is 3.13. The van der Waals surface area contributed by atoms with Crippen LogP contribution in [0.3, 0.4) is 0 Å². The smallest absolute Gasteiger partial charge is 0.225 e. The Labute approximate surface area is 127 Å². The van der Waals surface area contributed by atoms with E-state index in [0.29, 0.717) is 19.5 Å². The molecule has 0 spiro atoms. The number of carbonyl (C=O) groups excluding carboxylic acids is 2. The lowest BCUT2D eigenvalue weighted by atomic mass is 9.96. The van der Waals surface area contributed by atoms with Crippen LogP contribution in [0.4, 0.5) is 0 Å². The van der Waals surface area contributed by atoms with Gasteiger partial charge in [-0.2, -0.15) is 0 Å². The van der Waals surface area contributed by atoms with Gasteiger partial charge in [0, 0.05) is 24.9 Å². The van der Waals surface area contributed by atoms with Gasteiger partial charge in [-0.1, -0.05) is 51.1 Å². The maximum Gasteiger partial charge on any atom is 0.225 e. The van der Waals surface area contributed by atoms with Crippen molar-refractivity contribution in [2.75, 3.05) is 13.1 Å². The molecule has 0 saturated carbocycles. The molecule has 2 amide bonds. The van der Waals surface area contributed by atoms with Gasteiger partial charge in [0.15, 0.2) is 0 Å². The Bertz CT molecular complexity index is 450. The number of amides is 2. The minimum atomic E-state index is -0.411. The second-order valence-electron chi connectivity index (χ2n) is 6.20. The first-order valence-corrected chi connectivity index (χ1v) is 7.48. The molecule has 0 fully saturated rings. The molecule has 0 saturated heterocycles. The van der Waals surface area contributed by atoms with Crippen molar-refractivity contribution in [2.45, 2.75) is 40.0 Å². The monoisotopic (exact) mass is 290 g/mol. The molecule has 0 bridgehead atoms. The van der Waals surface area contributed by atoms with Crippen molar-refractivity contribution in [2.24, 2.45) is 5.41 Å². The standard InChI is InChI=1S/C17H26N2O2/c1-17(2,3)16(21)19-13-11-15(20)18-12-7-10-14-8-5-4-6-9-14/h4-6,8-9H,7,10-13H2,1-3H3,(H,18,20)(H,19,21). The van der Waals surface area contributed by atoms with E-state index >= 15 is 0 Å². The number of hydrogen-bond donors (Lipinski definition) is 2. The summed E-state index contributed by atoms with van der Waals surface area (Å²) in [6.45, 7) is 6.62. The molecule has 0 unspecified atom stereocenters. The maximum atomic E-state index is 11.6. The zero-order valence-corrected chi connectivity index (χ0v) is 13.2. The fourth-order valence-corrected chi connectivity index (χ4v) is 1.81. The van der Waals surface area contributed by atoms with Gasteiger partial charge in [0.05, 0.1) is 0 Å². The van der Waals surface area contributed by atoms with Gasteiger partial charge in [-0.25, -0.2) is 0 Å². The molecule has 2 N–H and O–H groups in total. The van der Waals surface area contributed by atoms with E-state index in [1.54, 1.807) is 0 Å². The van der Waals surface area contributed by atoms with E-state index in [9.17, 15) is 9.59 Å². The molecule has 0 radical (unpaired) electrons. The number of rotatable bonds is 7. The zero-order chi connectivity index (χ0) is 15.7. The van der Waals surface area contributed by atoms with Gasteiger partial charge >= 0.3 is 0 Å². The quantitative estimate of drug-likeness (QED) is 0.757. The number of aryl methyl sites for hydroxylation is 1. The molecule has 21 heavy (non-hydrogen) atoms. The predicted molar refractivity (Wildman–Crippen MR) is 84.9 cm³/mol. The summed E-state index contributed by atoms with van der Waals surface area (Å²) in [5, 5.41) is 5.65. The Morgan fingerprint density at radius 2 is 1.67 bits per heavy atom. The van der Waals surface area contributed by atoms with E-state index < -0.39 is 5.41 Å². The van der Waals surface area contributed by atoms with Crippen LogP contribution in [0.5, 0.6) is 0 Å². The number of benzene rings is 1. The molecule has 4 heteroatoms. The SMILES string of the molecule is CC(C)(C)C(=O)NCCC(=O)NCCCc1ccccc1. The number of hydrogen-bond acceptors (Lipinski definition) is 2. The highest BCUT2D eigenvalue weighted by Gasteiger charge is 2.20. The highest BCUT2D eigenvalue weighted by molar-refractivity contribution is 5.82. The highest BCUT2D eigenvalue weighted by atomic mass is 16.2. The van der Waals surface area contributed by atoms with Gasteiger partial charge in [-0.15, -0.1) is 0 Å². The predicted octanol–water partition coefficient (Wildman–Crippen LogP) is 2.29. The molecule has 1 aromatic rings. The van der Waals surface area contributed by atoms with Crippen LogP contribution in [-0.2, 0) is 16.0 Å². The Morgan fingerprint density at radius 3 is 2.29 bits per heavy atom. The van der Waals surface area contributed by atoms with Gasteiger partial charge in [0.2, 0.25) is 11.8 Å². The van der Waals surface area contributed by atoms with Gasteiger partial charge in [0.1, 0.15) is 0 Å². The van der Waals surface area contributed by atoms with E-state index in [1.165, 1.54) is 5.56 Å². The molecule has 0 aliphatic rings. The Balaban J connectivity index is 2.08. The van der Waals surface area contributed by atoms with Crippen molar-refractivity contribution >= 4 is 11.8 Å². The lowest BCUT2D eigenvalue weighted by Crippen LogP contribution is -2.37. The van der Waals surface area contributed by atoms with Gasteiger partial charge in [-0.3, -0.25) is 9.59 Å². The van der Waals surface area contributed by atoms with Crippen molar-refractivity contribution in [1.29, 1.82) is 0 Å². The largest absolute Gasteiger partial charge is 0.356 e. The molecule has 116 valence electrons. The summed E-state index contributed by atoms with van der Waals surface area (Å²) in [6.07, 6.45) is 2.21. The van der Waals surface area contributed by atoms with Crippen LogP contribution in [0.1, 0.15) is 39.2 Å². The summed E-state index contributed by atoms with van der Waals surface area (Å²) in [4.78, 5) is 23.2. The van der Waals surface area contributed by atoms with Crippen LogP contribution in [-0.4, -0.2) is 24.9 Å². The molecule has 0 aromatic heterocycles. The van der Waals surface area contributed by atoms with E-state index in [1.807, 2.05) is 39.0 Å². The second kappa shape index (κ2) is 8.45. The Hall–Kier alpha value is -1.84. The molecule has 0 aliphatic carbocycles. The summed E-state index contributed by atoms with van der Waals surface area (Å²) in [7, 11) is 0. The second-order valence-corrected chi connectivity index (χ2v) is 6.20. The van der Waals surface area contributed by atoms with Crippen LogP contribution in [0, 0.1) is 5.41 Å². The normalized spacial score (nSPS) is 11.0. The van der Waals surface area contributed by atoms with E-state index in [0.717, 1.165) is 12.8 Å². The van der Waals surface area contributed by atoms with Crippen molar-refractivity contribution in [3.05, 3.63) is 35.9 Å². The summed E-state index contributed by atoms with van der Waals surface area (Å²) in [5.41, 5.74) is 0.871.